The van der Waals surface area contributed by atoms with Gasteiger partial charge < -0.3 is 10.6 Å². The lowest BCUT2D eigenvalue weighted by molar-refractivity contribution is 0.304. The van der Waals surface area contributed by atoms with Crippen LogP contribution >= 0.6 is 0 Å². The second-order valence-electron chi connectivity index (χ2n) is 5.06. The molecule has 1 aliphatic rings. The fraction of sp³-hybridized carbons (Fsp3) is 0.643. The smallest absolute Gasteiger partial charge is 0.222 e. The highest BCUT2D eigenvalue weighted by Crippen LogP contribution is 2.24. The zero-order valence-electron chi connectivity index (χ0n) is 11.4. The van der Waals surface area contributed by atoms with Crippen molar-refractivity contribution in [2.45, 2.75) is 38.6 Å². The lowest BCUT2D eigenvalue weighted by atomic mass is 9.86. The molecule has 1 aliphatic carbocycles. The summed E-state index contributed by atoms with van der Waals surface area (Å²) in [5.41, 5.74) is 0.497. The largest absolute Gasteiger partial charge is 0.354 e. The molecule has 0 aromatic carbocycles. The topological polar surface area (TPSA) is 73.6 Å². The number of nitrogens with zero attached hydrogens (tertiary/aromatic N) is 3. The van der Waals surface area contributed by atoms with Crippen LogP contribution in [0.5, 0.6) is 0 Å². The Morgan fingerprint density at radius 1 is 1.26 bits per heavy atom. The number of rotatable bonds is 5. The highest BCUT2D eigenvalue weighted by atomic mass is 15.1. The monoisotopic (exact) mass is 259 g/mol. The van der Waals surface area contributed by atoms with E-state index in [-0.39, 0.29) is 0 Å². The van der Waals surface area contributed by atoms with Gasteiger partial charge in [0.05, 0.1) is 18.0 Å². The van der Waals surface area contributed by atoms with Crippen molar-refractivity contribution in [3.05, 3.63) is 18.0 Å². The molecular formula is C14H21N5. The van der Waals surface area contributed by atoms with Crippen LogP contribution in [0.3, 0.4) is 0 Å². The summed E-state index contributed by atoms with van der Waals surface area (Å²) in [4.78, 5) is 8.24. The molecule has 19 heavy (non-hydrogen) atoms. The first-order chi connectivity index (χ1) is 9.31. The second-order valence-corrected chi connectivity index (χ2v) is 5.06. The predicted molar refractivity (Wildman–Crippen MR) is 74.7 cm³/mol. The van der Waals surface area contributed by atoms with Gasteiger partial charge in [0.1, 0.15) is 6.07 Å². The van der Waals surface area contributed by atoms with E-state index in [1.54, 1.807) is 12.4 Å². The van der Waals surface area contributed by atoms with E-state index in [2.05, 4.69) is 27.5 Å². The summed E-state index contributed by atoms with van der Waals surface area (Å²) in [6, 6.07) is 2.72. The Morgan fingerprint density at radius 3 is 2.53 bits per heavy atom. The van der Waals surface area contributed by atoms with Gasteiger partial charge in [-0.3, -0.25) is 0 Å². The number of hydrogen-bond donors (Lipinski definition) is 2. The average molecular weight is 259 g/mol. The van der Waals surface area contributed by atoms with E-state index >= 15 is 0 Å². The highest BCUT2D eigenvalue weighted by Gasteiger charge is 2.20. The van der Waals surface area contributed by atoms with Crippen LogP contribution in [0, 0.1) is 17.2 Å². The molecule has 2 rings (SSSR count). The summed E-state index contributed by atoms with van der Waals surface area (Å²) in [6.07, 6.45) is 8.12. The van der Waals surface area contributed by atoms with Gasteiger partial charge in [-0.05, 0) is 38.1 Å². The minimum absolute atomic E-state index is 0.497. The quantitative estimate of drug-likeness (QED) is 0.845. The van der Waals surface area contributed by atoms with E-state index in [9.17, 15) is 0 Å². The molecule has 1 saturated carbocycles. The predicted octanol–water partition coefficient (Wildman–Crippen LogP) is 1.93. The highest BCUT2D eigenvalue weighted by molar-refractivity contribution is 5.29. The molecule has 0 saturated heterocycles. The standard InChI is InChI=1S/C14H21N5/c1-2-16-13-5-3-11(4-6-13)8-17-14-18-9-12(7-15)10-19-14/h9-11,13,16H,2-6,8H2,1H3,(H,17,18,19). The molecule has 1 aromatic heterocycles. The first-order valence-electron chi connectivity index (χ1n) is 7.01. The van der Waals surface area contributed by atoms with Crippen LogP contribution in [0.25, 0.3) is 0 Å². The molecule has 0 atom stereocenters. The summed E-state index contributed by atoms with van der Waals surface area (Å²) in [6.45, 7) is 4.15. The van der Waals surface area contributed by atoms with Gasteiger partial charge in [0.2, 0.25) is 5.95 Å². The molecule has 5 nitrogen and oxygen atoms in total. The molecule has 1 heterocycles. The lowest BCUT2D eigenvalue weighted by Crippen LogP contribution is -2.34. The zero-order valence-corrected chi connectivity index (χ0v) is 11.4. The van der Waals surface area contributed by atoms with Crippen LogP contribution in [0.4, 0.5) is 5.95 Å². The summed E-state index contributed by atoms with van der Waals surface area (Å²) in [7, 11) is 0. The van der Waals surface area contributed by atoms with Gasteiger partial charge in [0.25, 0.3) is 0 Å². The number of nitrogens with one attached hydrogen (secondary N) is 2. The molecule has 0 unspecified atom stereocenters. The van der Waals surface area contributed by atoms with E-state index < -0.39 is 0 Å². The third kappa shape index (κ3) is 4.18. The Bertz CT molecular complexity index is 414. The molecule has 5 heteroatoms. The third-order valence-electron chi connectivity index (χ3n) is 3.67. The van der Waals surface area contributed by atoms with Crippen LogP contribution in [-0.2, 0) is 0 Å². The number of aromatic nitrogens is 2. The van der Waals surface area contributed by atoms with E-state index in [4.69, 9.17) is 5.26 Å². The zero-order chi connectivity index (χ0) is 13.5. The Morgan fingerprint density at radius 2 is 1.95 bits per heavy atom. The Hall–Kier alpha value is -1.67. The summed E-state index contributed by atoms with van der Waals surface area (Å²) >= 11 is 0. The fourth-order valence-electron chi connectivity index (χ4n) is 2.57. The van der Waals surface area contributed by atoms with Gasteiger partial charge in [-0.25, -0.2) is 9.97 Å². The average Bonchev–Trinajstić information content (AvgIpc) is 2.47. The van der Waals surface area contributed by atoms with Crippen molar-refractivity contribution < 1.29 is 0 Å². The van der Waals surface area contributed by atoms with Crippen LogP contribution < -0.4 is 10.6 Å². The molecule has 0 amide bonds. The van der Waals surface area contributed by atoms with Gasteiger partial charge in [0.15, 0.2) is 0 Å². The fourth-order valence-corrected chi connectivity index (χ4v) is 2.57. The molecule has 0 spiro atoms. The first kappa shape index (κ1) is 13.8. The van der Waals surface area contributed by atoms with Crippen molar-refractivity contribution >= 4 is 5.95 Å². The molecule has 0 bridgehead atoms. The normalized spacial score (nSPS) is 22.7. The first-order valence-corrected chi connectivity index (χ1v) is 7.01. The van der Waals surface area contributed by atoms with Crippen LogP contribution in [0.15, 0.2) is 12.4 Å². The summed E-state index contributed by atoms with van der Waals surface area (Å²) in [5.74, 6) is 1.32. The van der Waals surface area contributed by atoms with E-state index in [0.29, 0.717) is 23.5 Å². The van der Waals surface area contributed by atoms with Crippen molar-refractivity contribution in [1.29, 1.82) is 5.26 Å². The summed E-state index contributed by atoms with van der Waals surface area (Å²) in [5, 5.41) is 15.5. The Labute approximate surface area is 114 Å². The SMILES string of the molecule is CCNC1CCC(CNc2ncc(C#N)cn2)CC1. The minimum atomic E-state index is 0.497. The molecule has 0 radical (unpaired) electrons. The second kappa shape index (κ2) is 7.05. The molecule has 1 aromatic rings. The van der Waals surface area contributed by atoms with Gasteiger partial charge >= 0.3 is 0 Å². The van der Waals surface area contributed by atoms with Crippen LogP contribution in [0.2, 0.25) is 0 Å². The maximum atomic E-state index is 8.67. The van der Waals surface area contributed by atoms with Crippen molar-refractivity contribution in [3.8, 4) is 6.07 Å². The summed E-state index contributed by atoms with van der Waals surface area (Å²) < 4.78 is 0. The van der Waals surface area contributed by atoms with Gasteiger partial charge in [-0.15, -0.1) is 0 Å². The lowest BCUT2D eigenvalue weighted by Gasteiger charge is -2.29. The van der Waals surface area contributed by atoms with Gasteiger partial charge in [0, 0.05) is 12.6 Å². The van der Waals surface area contributed by atoms with Crippen molar-refractivity contribution in [2.75, 3.05) is 18.4 Å². The van der Waals surface area contributed by atoms with Gasteiger partial charge in [-0.1, -0.05) is 6.92 Å². The molecule has 0 aliphatic heterocycles. The van der Waals surface area contributed by atoms with E-state index in [1.807, 2.05) is 6.07 Å². The Balaban J connectivity index is 1.73. The van der Waals surface area contributed by atoms with Crippen molar-refractivity contribution in [1.82, 2.24) is 15.3 Å². The molecular weight excluding hydrogens is 238 g/mol. The number of hydrogen-bond acceptors (Lipinski definition) is 5. The molecule has 1 fully saturated rings. The third-order valence-corrected chi connectivity index (χ3v) is 3.67. The maximum Gasteiger partial charge on any atom is 0.222 e. The number of anilines is 1. The van der Waals surface area contributed by atoms with Gasteiger partial charge in [-0.2, -0.15) is 5.26 Å². The van der Waals surface area contributed by atoms with Crippen LogP contribution in [-0.4, -0.2) is 29.1 Å². The van der Waals surface area contributed by atoms with E-state index in [0.717, 1.165) is 13.1 Å². The Kier molecular flexibility index (Phi) is 5.10. The minimum Gasteiger partial charge on any atom is -0.354 e. The van der Waals surface area contributed by atoms with Crippen molar-refractivity contribution in [3.63, 3.8) is 0 Å². The molecule has 102 valence electrons. The van der Waals surface area contributed by atoms with E-state index in [1.165, 1.54) is 25.7 Å². The van der Waals surface area contributed by atoms with Crippen LogP contribution in [0.1, 0.15) is 38.2 Å². The van der Waals surface area contributed by atoms with Crippen molar-refractivity contribution in [2.24, 2.45) is 5.92 Å². The molecule has 2 N–H and O–H groups in total. The maximum absolute atomic E-state index is 8.67. The number of nitriles is 1.